The summed E-state index contributed by atoms with van der Waals surface area (Å²) in [4.78, 5) is 37.2. The maximum atomic E-state index is 12.7. The van der Waals surface area contributed by atoms with Crippen molar-refractivity contribution in [2.45, 2.75) is 78.9 Å². The molecular formula is C26H38O7. The van der Waals surface area contributed by atoms with Gasteiger partial charge >= 0.3 is 17.9 Å². The van der Waals surface area contributed by atoms with Crippen LogP contribution in [0.25, 0.3) is 0 Å². The predicted octanol–water partition coefficient (Wildman–Crippen LogP) is 3.74. The Labute approximate surface area is 196 Å². The second kappa shape index (κ2) is 9.61. The number of cyclic esters (lactones) is 1. The van der Waals surface area contributed by atoms with E-state index >= 15 is 0 Å². The molecule has 33 heavy (non-hydrogen) atoms. The number of hydrogen-bond donors (Lipinski definition) is 1. The van der Waals surface area contributed by atoms with Crippen LogP contribution in [0.1, 0.15) is 66.7 Å². The summed E-state index contributed by atoms with van der Waals surface area (Å²) < 4.78 is 16.2. The first-order chi connectivity index (χ1) is 15.5. The number of allylic oxidation sites excluding steroid dienone is 1. The van der Waals surface area contributed by atoms with Gasteiger partial charge < -0.3 is 19.3 Å². The number of aliphatic hydroxyl groups is 1. The smallest absolute Gasteiger partial charge is 0.333 e. The van der Waals surface area contributed by atoms with Crippen LogP contribution in [0, 0.1) is 28.6 Å². The number of aliphatic hydroxyl groups excluding tert-OH is 1. The molecule has 1 aliphatic heterocycles. The van der Waals surface area contributed by atoms with Crippen molar-refractivity contribution in [3.8, 4) is 0 Å². The Bertz CT molecular complexity index is 859. The molecule has 0 aromatic heterocycles. The number of ether oxygens (including phenoxy) is 3. The van der Waals surface area contributed by atoms with Gasteiger partial charge in [-0.2, -0.15) is 0 Å². The van der Waals surface area contributed by atoms with E-state index in [9.17, 15) is 19.5 Å². The van der Waals surface area contributed by atoms with Crippen LogP contribution in [0.3, 0.4) is 0 Å². The van der Waals surface area contributed by atoms with Gasteiger partial charge in [0.25, 0.3) is 0 Å². The summed E-state index contributed by atoms with van der Waals surface area (Å²) in [5, 5.41) is 11.2. The van der Waals surface area contributed by atoms with Gasteiger partial charge in [0.2, 0.25) is 0 Å². The molecule has 2 fully saturated rings. The normalized spacial score (nSPS) is 37.5. The van der Waals surface area contributed by atoms with E-state index in [0.717, 1.165) is 12.8 Å². The van der Waals surface area contributed by atoms with Crippen LogP contribution < -0.4 is 0 Å². The van der Waals surface area contributed by atoms with Crippen LogP contribution >= 0.6 is 0 Å². The highest BCUT2D eigenvalue weighted by molar-refractivity contribution is 5.88. The van der Waals surface area contributed by atoms with Crippen molar-refractivity contribution in [1.29, 1.82) is 0 Å². The summed E-state index contributed by atoms with van der Waals surface area (Å²) in [6.45, 7) is 9.88. The molecular weight excluding hydrogens is 424 g/mol. The lowest BCUT2D eigenvalue weighted by atomic mass is 9.43. The van der Waals surface area contributed by atoms with Gasteiger partial charge in [0, 0.05) is 22.6 Å². The fourth-order valence-electron chi connectivity index (χ4n) is 6.52. The van der Waals surface area contributed by atoms with E-state index in [2.05, 4.69) is 13.8 Å². The minimum Gasteiger partial charge on any atom is -0.469 e. The monoisotopic (exact) mass is 462 g/mol. The quantitative estimate of drug-likeness (QED) is 0.365. The van der Waals surface area contributed by atoms with Crippen LogP contribution in [0.5, 0.6) is 0 Å². The lowest BCUT2D eigenvalue weighted by Crippen LogP contribution is -2.61. The zero-order chi connectivity index (χ0) is 24.6. The SMILES string of the molecule is C/C=C(\C)C(=O)O[C@@H](C[C@@]1(C)[C@H](C)C[C@H](O)[C@]2(C)[C@@H]1CCC[C@H]2C(=O)OC)C1=CC(=O)OC1. The minimum atomic E-state index is -0.642. The van der Waals surface area contributed by atoms with E-state index in [-0.39, 0.29) is 35.7 Å². The molecule has 1 heterocycles. The third-order valence-corrected chi connectivity index (χ3v) is 8.92. The fraction of sp³-hybridized carbons (Fsp3) is 0.731. The molecule has 1 N–H and O–H groups in total. The Hall–Kier alpha value is -2.15. The average molecular weight is 463 g/mol. The van der Waals surface area contributed by atoms with Crippen molar-refractivity contribution in [2.24, 2.45) is 28.6 Å². The molecule has 0 aromatic carbocycles. The van der Waals surface area contributed by atoms with E-state index in [4.69, 9.17) is 14.2 Å². The molecule has 0 unspecified atom stereocenters. The van der Waals surface area contributed by atoms with Gasteiger partial charge in [0.1, 0.15) is 12.7 Å². The van der Waals surface area contributed by atoms with Crippen molar-refractivity contribution in [2.75, 3.05) is 13.7 Å². The predicted molar refractivity (Wildman–Crippen MR) is 122 cm³/mol. The highest BCUT2D eigenvalue weighted by Crippen LogP contribution is 2.63. The molecule has 184 valence electrons. The zero-order valence-electron chi connectivity index (χ0n) is 20.7. The van der Waals surface area contributed by atoms with E-state index in [1.54, 1.807) is 19.9 Å². The van der Waals surface area contributed by atoms with Crippen LogP contribution in [-0.4, -0.2) is 48.9 Å². The number of esters is 3. The molecule has 7 nitrogen and oxygen atoms in total. The first kappa shape index (κ1) is 25.5. The second-order valence-corrected chi connectivity index (χ2v) is 10.5. The number of methoxy groups -OCH3 is 1. The number of carbonyl (C=O) groups is 3. The van der Waals surface area contributed by atoms with Crippen molar-refractivity contribution in [1.82, 2.24) is 0 Å². The topological polar surface area (TPSA) is 99.1 Å². The van der Waals surface area contributed by atoms with Gasteiger partial charge in [-0.1, -0.05) is 33.3 Å². The number of carbonyl (C=O) groups excluding carboxylic acids is 3. The molecule has 0 amide bonds. The summed E-state index contributed by atoms with van der Waals surface area (Å²) >= 11 is 0. The highest BCUT2D eigenvalue weighted by atomic mass is 16.6. The van der Waals surface area contributed by atoms with E-state index < -0.39 is 29.6 Å². The molecule has 0 radical (unpaired) electrons. The number of fused-ring (bicyclic) bond motifs is 1. The third kappa shape index (κ3) is 4.48. The standard InChI is InChI=1S/C26H38O7/c1-7-15(2)23(29)33-19(17-12-22(28)32-14-17)13-25(4)16(3)11-21(27)26(5)18(24(30)31-6)9-8-10-20(25)26/h7,12,16,18-21,27H,8-11,13-14H2,1-6H3/b15-7+/t16-,18+,19+,20-,21+,25+,26+/m1/s1. The second-order valence-electron chi connectivity index (χ2n) is 10.5. The molecule has 0 bridgehead atoms. The Balaban J connectivity index is 2.00. The van der Waals surface area contributed by atoms with Gasteiger partial charge in [-0.05, 0) is 56.8 Å². The summed E-state index contributed by atoms with van der Waals surface area (Å²) in [6.07, 6.45) is 5.32. The van der Waals surface area contributed by atoms with Crippen molar-refractivity contribution >= 4 is 17.9 Å². The first-order valence-electron chi connectivity index (χ1n) is 12.0. The van der Waals surface area contributed by atoms with Crippen LogP contribution in [0.4, 0.5) is 0 Å². The maximum absolute atomic E-state index is 12.7. The number of hydrogen-bond acceptors (Lipinski definition) is 7. The molecule has 3 rings (SSSR count). The largest absolute Gasteiger partial charge is 0.469 e. The summed E-state index contributed by atoms with van der Waals surface area (Å²) in [5.41, 5.74) is 0.161. The Morgan fingerprint density at radius 3 is 2.61 bits per heavy atom. The molecule has 3 aliphatic rings. The molecule has 7 heteroatoms. The zero-order valence-corrected chi connectivity index (χ0v) is 20.7. The summed E-state index contributed by atoms with van der Waals surface area (Å²) in [5.74, 6) is -1.38. The van der Waals surface area contributed by atoms with Gasteiger partial charge in [0.05, 0.1) is 19.1 Å². The van der Waals surface area contributed by atoms with Gasteiger partial charge in [0.15, 0.2) is 0 Å². The average Bonchev–Trinajstić information content (AvgIpc) is 3.22. The summed E-state index contributed by atoms with van der Waals surface area (Å²) in [6, 6.07) is 0. The Morgan fingerprint density at radius 2 is 2.03 bits per heavy atom. The number of rotatable bonds is 6. The van der Waals surface area contributed by atoms with Crippen molar-refractivity contribution in [3.05, 3.63) is 23.3 Å². The molecule has 0 saturated heterocycles. The van der Waals surface area contributed by atoms with Crippen LogP contribution in [-0.2, 0) is 28.6 Å². The van der Waals surface area contributed by atoms with Crippen LogP contribution in [0.2, 0.25) is 0 Å². The molecule has 2 saturated carbocycles. The molecule has 7 atom stereocenters. The van der Waals surface area contributed by atoms with Gasteiger partial charge in [-0.25, -0.2) is 9.59 Å². The van der Waals surface area contributed by atoms with Crippen molar-refractivity contribution in [3.63, 3.8) is 0 Å². The van der Waals surface area contributed by atoms with Gasteiger partial charge in [-0.15, -0.1) is 0 Å². The Morgan fingerprint density at radius 1 is 1.33 bits per heavy atom. The summed E-state index contributed by atoms with van der Waals surface area (Å²) in [7, 11) is 1.40. The molecule has 0 aromatic rings. The van der Waals surface area contributed by atoms with Crippen molar-refractivity contribution < 1.29 is 33.7 Å². The highest BCUT2D eigenvalue weighted by Gasteiger charge is 2.62. The lowest BCUT2D eigenvalue weighted by molar-refractivity contribution is -0.200. The molecule has 2 aliphatic carbocycles. The fourth-order valence-corrected chi connectivity index (χ4v) is 6.52. The Kier molecular flexibility index (Phi) is 7.42. The maximum Gasteiger partial charge on any atom is 0.333 e. The third-order valence-electron chi connectivity index (χ3n) is 8.92. The van der Waals surface area contributed by atoms with Crippen LogP contribution in [0.15, 0.2) is 23.3 Å². The lowest BCUT2D eigenvalue weighted by Gasteiger charge is -2.62. The molecule has 0 spiro atoms. The van der Waals surface area contributed by atoms with E-state index in [0.29, 0.717) is 30.4 Å². The van der Waals surface area contributed by atoms with Gasteiger partial charge in [-0.3, -0.25) is 4.79 Å². The minimum absolute atomic E-state index is 0.0178. The first-order valence-corrected chi connectivity index (χ1v) is 12.0. The van der Waals surface area contributed by atoms with E-state index in [1.165, 1.54) is 13.2 Å². The van der Waals surface area contributed by atoms with E-state index in [1.807, 2.05) is 6.92 Å².